The zero-order valence-corrected chi connectivity index (χ0v) is 13.9. The van der Waals surface area contributed by atoms with Gasteiger partial charge in [-0.2, -0.15) is 0 Å². The maximum Gasteiger partial charge on any atom is 0.498 e. The Balaban J connectivity index is 2.22. The molecule has 0 unspecified atom stereocenters. The van der Waals surface area contributed by atoms with Gasteiger partial charge in [-0.1, -0.05) is 6.07 Å². The van der Waals surface area contributed by atoms with Gasteiger partial charge in [-0.3, -0.25) is 4.79 Å². The largest absolute Gasteiger partial charge is 0.498 e. The third kappa shape index (κ3) is 3.42. The minimum atomic E-state index is -0.492. The van der Waals surface area contributed by atoms with E-state index in [4.69, 9.17) is 15.0 Å². The number of nitrogens with two attached hydrogens (primary N) is 1. The van der Waals surface area contributed by atoms with Crippen molar-refractivity contribution in [3.63, 3.8) is 0 Å². The fraction of sp³-hybridized carbons (Fsp3) is 0.600. The molecule has 1 aromatic rings. The molecule has 3 N–H and O–H groups in total. The number of rotatable bonds is 5. The SMILES string of the molecule is Cc1ccc(B2OC(C)(C)C(C)(C)O2)c(NCCC(N)=O)n1. The highest BCUT2D eigenvalue weighted by molar-refractivity contribution is 6.63. The summed E-state index contributed by atoms with van der Waals surface area (Å²) in [7, 11) is -0.492. The van der Waals surface area contributed by atoms with Crippen LogP contribution in [0.5, 0.6) is 0 Å². The molecule has 120 valence electrons. The van der Waals surface area contributed by atoms with Gasteiger partial charge in [-0.05, 0) is 40.7 Å². The van der Waals surface area contributed by atoms with Gasteiger partial charge in [0, 0.05) is 24.1 Å². The van der Waals surface area contributed by atoms with Gasteiger partial charge < -0.3 is 20.4 Å². The van der Waals surface area contributed by atoms with Crippen molar-refractivity contribution >= 4 is 24.3 Å². The highest BCUT2D eigenvalue weighted by atomic mass is 16.7. The quantitative estimate of drug-likeness (QED) is 0.792. The number of aromatic nitrogens is 1. The van der Waals surface area contributed by atoms with Crippen LogP contribution in [0.3, 0.4) is 0 Å². The van der Waals surface area contributed by atoms with E-state index in [2.05, 4.69) is 10.3 Å². The summed E-state index contributed by atoms with van der Waals surface area (Å²) >= 11 is 0. The molecule has 0 aromatic carbocycles. The summed E-state index contributed by atoms with van der Waals surface area (Å²) in [5.74, 6) is 0.317. The van der Waals surface area contributed by atoms with E-state index in [0.29, 0.717) is 12.4 Å². The Hall–Kier alpha value is -1.60. The average Bonchev–Trinajstić information content (AvgIpc) is 2.57. The summed E-state index contributed by atoms with van der Waals surface area (Å²) < 4.78 is 12.1. The molecule has 1 aliphatic rings. The van der Waals surface area contributed by atoms with Crippen molar-refractivity contribution in [2.24, 2.45) is 5.73 Å². The minimum Gasteiger partial charge on any atom is -0.399 e. The Morgan fingerprint density at radius 2 is 1.86 bits per heavy atom. The monoisotopic (exact) mass is 305 g/mol. The van der Waals surface area contributed by atoms with Gasteiger partial charge in [0.25, 0.3) is 0 Å². The Kier molecular flexibility index (Phi) is 4.49. The Labute approximate surface area is 131 Å². The van der Waals surface area contributed by atoms with Crippen molar-refractivity contribution in [3.05, 3.63) is 17.8 Å². The van der Waals surface area contributed by atoms with Crippen LogP contribution in [0.4, 0.5) is 5.82 Å². The van der Waals surface area contributed by atoms with Crippen molar-refractivity contribution in [2.75, 3.05) is 11.9 Å². The lowest BCUT2D eigenvalue weighted by Gasteiger charge is -2.32. The normalized spacial score (nSPS) is 19.2. The molecule has 0 atom stereocenters. The molecule has 2 heterocycles. The van der Waals surface area contributed by atoms with E-state index < -0.39 is 18.3 Å². The highest BCUT2D eigenvalue weighted by Crippen LogP contribution is 2.36. The topological polar surface area (TPSA) is 86.5 Å². The van der Waals surface area contributed by atoms with Crippen molar-refractivity contribution in [3.8, 4) is 0 Å². The number of nitrogens with zero attached hydrogens (tertiary/aromatic N) is 1. The molecule has 1 aromatic heterocycles. The van der Waals surface area contributed by atoms with Crippen LogP contribution >= 0.6 is 0 Å². The zero-order valence-electron chi connectivity index (χ0n) is 13.9. The molecular formula is C15H24BN3O3. The average molecular weight is 305 g/mol. The summed E-state index contributed by atoms with van der Waals surface area (Å²) in [6, 6.07) is 3.86. The molecule has 0 saturated carbocycles. The number of hydrogen-bond acceptors (Lipinski definition) is 5. The predicted octanol–water partition coefficient (Wildman–Crippen LogP) is 0.977. The van der Waals surface area contributed by atoms with Crippen molar-refractivity contribution < 1.29 is 14.1 Å². The molecule has 7 heteroatoms. The Bertz CT molecular complexity index is 559. The third-order valence-corrected chi connectivity index (χ3v) is 4.24. The second kappa shape index (κ2) is 5.89. The van der Waals surface area contributed by atoms with Crippen molar-refractivity contribution in [1.29, 1.82) is 0 Å². The van der Waals surface area contributed by atoms with Crippen LogP contribution in [0.1, 0.15) is 39.8 Å². The minimum absolute atomic E-state index is 0.248. The highest BCUT2D eigenvalue weighted by Gasteiger charge is 2.52. The van der Waals surface area contributed by atoms with Gasteiger partial charge in [-0.25, -0.2) is 4.98 Å². The van der Waals surface area contributed by atoms with Gasteiger partial charge >= 0.3 is 7.12 Å². The molecule has 1 amide bonds. The van der Waals surface area contributed by atoms with Crippen LogP contribution in [0.25, 0.3) is 0 Å². The molecule has 1 saturated heterocycles. The van der Waals surface area contributed by atoms with Gasteiger partial charge in [0.2, 0.25) is 5.91 Å². The van der Waals surface area contributed by atoms with Crippen LogP contribution in [0.15, 0.2) is 12.1 Å². The third-order valence-electron chi connectivity index (χ3n) is 4.24. The van der Waals surface area contributed by atoms with E-state index in [1.54, 1.807) is 0 Å². The van der Waals surface area contributed by atoms with Crippen LogP contribution in [0.2, 0.25) is 0 Å². The summed E-state index contributed by atoms with van der Waals surface area (Å²) in [5.41, 5.74) is 6.05. The van der Waals surface area contributed by atoms with Crippen LogP contribution in [-0.4, -0.2) is 35.8 Å². The zero-order chi connectivity index (χ0) is 16.5. The van der Waals surface area contributed by atoms with Crippen molar-refractivity contribution in [1.82, 2.24) is 4.98 Å². The number of hydrogen-bond donors (Lipinski definition) is 2. The number of carbonyl (C=O) groups excluding carboxylic acids is 1. The molecular weight excluding hydrogens is 281 g/mol. The summed E-state index contributed by atoms with van der Waals surface area (Å²) in [5, 5.41) is 3.15. The number of carbonyl (C=O) groups is 1. The lowest BCUT2D eigenvalue weighted by atomic mass is 9.79. The molecule has 0 radical (unpaired) electrons. The number of aryl methyl sites for hydroxylation is 1. The molecule has 1 aliphatic heterocycles. The first-order valence-corrected chi connectivity index (χ1v) is 7.48. The number of anilines is 1. The number of pyridine rings is 1. The van der Waals surface area contributed by atoms with Crippen molar-refractivity contribution in [2.45, 2.75) is 52.2 Å². The first-order valence-electron chi connectivity index (χ1n) is 7.48. The van der Waals surface area contributed by atoms with Crippen LogP contribution in [0, 0.1) is 6.92 Å². The summed E-state index contributed by atoms with van der Waals surface area (Å²) in [4.78, 5) is 15.4. The molecule has 0 spiro atoms. The van der Waals surface area contributed by atoms with E-state index in [-0.39, 0.29) is 12.3 Å². The summed E-state index contributed by atoms with van der Waals surface area (Å²) in [6.45, 7) is 10.4. The first kappa shape index (κ1) is 16.8. The standard InChI is InChI=1S/C15H24BN3O3/c1-10-6-7-11(13(19-10)18-9-8-12(17)20)16-21-14(2,3)15(4,5)22-16/h6-7H,8-9H2,1-5H3,(H2,17,20)(H,18,19). The lowest BCUT2D eigenvalue weighted by Crippen LogP contribution is -2.41. The first-order chi connectivity index (χ1) is 10.1. The van der Waals surface area contributed by atoms with Gasteiger partial charge in [0.05, 0.1) is 11.2 Å². The second-order valence-electron chi connectivity index (χ2n) is 6.62. The van der Waals surface area contributed by atoms with E-state index in [0.717, 1.165) is 11.2 Å². The van der Waals surface area contributed by atoms with Gasteiger partial charge in [0.15, 0.2) is 0 Å². The second-order valence-corrected chi connectivity index (χ2v) is 6.62. The van der Waals surface area contributed by atoms with E-state index in [1.165, 1.54) is 0 Å². The number of amides is 1. The fourth-order valence-corrected chi connectivity index (χ4v) is 2.17. The fourth-order valence-electron chi connectivity index (χ4n) is 2.17. The van der Waals surface area contributed by atoms with E-state index in [1.807, 2.05) is 46.8 Å². The molecule has 1 fully saturated rings. The lowest BCUT2D eigenvalue weighted by molar-refractivity contribution is -0.117. The number of primary amides is 1. The van der Waals surface area contributed by atoms with E-state index in [9.17, 15) is 4.79 Å². The van der Waals surface area contributed by atoms with Crippen LogP contribution < -0.4 is 16.5 Å². The molecule has 22 heavy (non-hydrogen) atoms. The van der Waals surface area contributed by atoms with E-state index >= 15 is 0 Å². The summed E-state index contributed by atoms with van der Waals surface area (Å²) in [6.07, 6.45) is 0.248. The molecule has 0 aliphatic carbocycles. The molecule has 6 nitrogen and oxygen atoms in total. The number of nitrogens with one attached hydrogen (secondary N) is 1. The molecule has 0 bridgehead atoms. The maximum absolute atomic E-state index is 10.9. The van der Waals surface area contributed by atoms with Crippen LogP contribution in [-0.2, 0) is 14.1 Å². The Morgan fingerprint density at radius 1 is 1.27 bits per heavy atom. The smallest absolute Gasteiger partial charge is 0.399 e. The predicted molar refractivity (Wildman–Crippen MR) is 87.0 cm³/mol. The maximum atomic E-state index is 10.9. The van der Waals surface area contributed by atoms with Gasteiger partial charge in [-0.15, -0.1) is 0 Å². The van der Waals surface area contributed by atoms with Gasteiger partial charge in [0.1, 0.15) is 5.82 Å². The Morgan fingerprint density at radius 3 is 2.41 bits per heavy atom. The molecule has 2 rings (SSSR count).